The van der Waals surface area contributed by atoms with Crippen LogP contribution in [0.25, 0.3) is 0 Å². The van der Waals surface area contributed by atoms with Crippen molar-refractivity contribution in [3.63, 3.8) is 0 Å². The predicted molar refractivity (Wildman–Crippen MR) is 85.7 cm³/mol. The fourth-order valence-electron chi connectivity index (χ4n) is 2.93. The molecule has 1 aromatic carbocycles. The van der Waals surface area contributed by atoms with Gasteiger partial charge in [-0.2, -0.15) is 0 Å². The quantitative estimate of drug-likeness (QED) is 0.830. The summed E-state index contributed by atoms with van der Waals surface area (Å²) in [7, 11) is 0. The molecule has 0 amide bonds. The van der Waals surface area contributed by atoms with Crippen molar-refractivity contribution in [3.05, 3.63) is 23.8 Å². The van der Waals surface area contributed by atoms with Crippen molar-refractivity contribution >= 4 is 5.69 Å². The van der Waals surface area contributed by atoms with Crippen molar-refractivity contribution in [2.75, 3.05) is 18.5 Å². The molecule has 1 aliphatic heterocycles. The van der Waals surface area contributed by atoms with Gasteiger partial charge in [0.25, 0.3) is 0 Å². The van der Waals surface area contributed by atoms with Gasteiger partial charge in [-0.25, -0.2) is 0 Å². The molecule has 0 aliphatic carbocycles. The molecule has 2 unspecified atom stereocenters. The van der Waals surface area contributed by atoms with Crippen molar-refractivity contribution in [1.29, 1.82) is 0 Å². The lowest BCUT2D eigenvalue weighted by molar-refractivity contribution is 0.340. The largest absolute Gasteiger partial charge is 0.494 e. The summed E-state index contributed by atoms with van der Waals surface area (Å²) in [6, 6.07) is 7.45. The van der Waals surface area contributed by atoms with Crippen LogP contribution >= 0.6 is 0 Å². The summed E-state index contributed by atoms with van der Waals surface area (Å²) in [4.78, 5) is 0. The van der Waals surface area contributed by atoms with Gasteiger partial charge in [0.05, 0.1) is 6.61 Å². The van der Waals surface area contributed by atoms with Gasteiger partial charge >= 0.3 is 0 Å². The zero-order chi connectivity index (χ0) is 14.4. The van der Waals surface area contributed by atoms with Crippen LogP contribution in [-0.4, -0.2) is 25.2 Å². The average Bonchev–Trinajstić information content (AvgIpc) is 2.43. The zero-order valence-corrected chi connectivity index (χ0v) is 13.0. The first-order valence-electron chi connectivity index (χ1n) is 7.92. The van der Waals surface area contributed by atoms with Gasteiger partial charge in [0.15, 0.2) is 0 Å². The number of nitrogens with one attached hydrogen (secondary N) is 2. The van der Waals surface area contributed by atoms with Crippen molar-refractivity contribution in [2.24, 2.45) is 0 Å². The minimum atomic E-state index is 0.488. The van der Waals surface area contributed by atoms with Crippen LogP contribution in [-0.2, 0) is 0 Å². The number of ether oxygens (including phenoxy) is 1. The Morgan fingerprint density at radius 2 is 2.25 bits per heavy atom. The Morgan fingerprint density at radius 1 is 1.40 bits per heavy atom. The van der Waals surface area contributed by atoms with Crippen LogP contribution in [0.5, 0.6) is 5.75 Å². The summed E-state index contributed by atoms with van der Waals surface area (Å²) in [6.07, 6.45) is 5.20. The van der Waals surface area contributed by atoms with E-state index in [0.29, 0.717) is 12.1 Å². The Kier molecular flexibility index (Phi) is 5.72. The molecule has 1 aliphatic rings. The summed E-state index contributed by atoms with van der Waals surface area (Å²) in [6.45, 7) is 8.32. The standard InChI is InChI=1S/C17H28N2O/c1-4-20-16-8-9-17(13(2)11-16)19-14(3)12-15-7-5-6-10-18-15/h8-9,11,14-15,18-19H,4-7,10,12H2,1-3H3. The predicted octanol–water partition coefficient (Wildman–Crippen LogP) is 3.73. The molecule has 2 rings (SSSR count). The highest BCUT2D eigenvalue weighted by Crippen LogP contribution is 2.23. The molecule has 2 N–H and O–H groups in total. The Labute approximate surface area is 123 Å². The smallest absolute Gasteiger partial charge is 0.119 e. The van der Waals surface area contributed by atoms with Crippen LogP contribution in [0.1, 0.15) is 45.1 Å². The number of rotatable bonds is 6. The van der Waals surface area contributed by atoms with Gasteiger partial charge in [-0.3, -0.25) is 0 Å². The summed E-state index contributed by atoms with van der Waals surface area (Å²) >= 11 is 0. The molecule has 1 aromatic rings. The van der Waals surface area contributed by atoms with E-state index in [0.717, 1.165) is 12.4 Å². The highest BCUT2D eigenvalue weighted by atomic mass is 16.5. The fraction of sp³-hybridized carbons (Fsp3) is 0.647. The minimum Gasteiger partial charge on any atom is -0.494 e. The van der Waals surface area contributed by atoms with Crippen molar-refractivity contribution < 1.29 is 4.74 Å². The zero-order valence-electron chi connectivity index (χ0n) is 13.0. The first kappa shape index (κ1) is 15.2. The number of aryl methyl sites for hydroxylation is 1. The number of benzene rings is 1. The molecule has 2 atom stereocenters. The van der Waals surface area contributed by atoms with Gasteiger partial charge in [-0.05, 0) is 70.3 Å². The minimum absolute atomic E-state index is 0.488. The van der Waals surface area contributed by atoms with E-state index < -0.39 is 0 Å². The lowest BCUT2D eigenvalue weighted by atomic mass is 9.98. The van der Waals surface area contributed by atoms with Crippen LogP contribution in [0.15, 0.2) is 18.2 Å². The number of anilines is 1. The van der Waals surface area contributed by atoms with E-state index in [4.69, 9.17) is 4.74 Å². The monoisotopic (exact) mass is 276 g/mol. The van der Waals surface area contributed by atoms with E-state index in [2.05, 4.69) is 36.6 Å². The second-order valence-corrected chi connectivity index (χ2v) is 5.84. The fourth-order valence-corrected chi connectivity index (χ4v) is 2.93. The van der Waals surface area contributed by atoms with Gasteiger partial charge < -0.3 is 15.4 Å². The first-order valence-corrected chi connectivity index (χ1v) is 7.92. The first-order chi connectivity index (χ1) is 9.69. The maximum atomic E-state index is 5.53. The summed E-state index contributed by atoms with van der Waals surface area (Å²) in [5.74, 6) is 0.956. The van der Waals surface area contributed by atoms with Gasteiger partial charge in [0.2, 0.25) is 0 Å². The number of piperidine rings is 1. The van der Waals surface area contributed by atoms with E-state index in [9.17, 15) is 0 Å². The topological polar surface area (TPSA) is 33.3 Å². The van der Waals surface area contributed by atoms with Crippen LogP contribution in [0.2, 0.25) is 0 Å². The normalized spacial score (nSPS) is 20.4. The van der Waals surface area contributed by atoms with E-state index >= 15 is 0 Å². The maximum Gasteiger partial charge on any atom is 0.119 e. The van der Waals surface area contributed by atoms with Crippen LogP contribution in [0.4, 0.5) is 5.69 Å². The molecular weight excluding hydrogens is 248 g/mol. The summed E-state index contributed by atoms with van der Waals surface area (Å²) in [5.41, 5.74) is 2.47. The molecule has 3 nitrogen and oxygen atoms in total. The van der Waals surface area contributed by atoms with Gasteiger partial charge in [0.1, 0.15) is 5.75 Å². The van der Waals surface area contributed by atoms with Crippen molar-refractivity contribution in [3.8, 4) is 5.75 Å². The van der Waals surface area contributed by atoms with Crippen LogP contribution in [0, 0.1) is 6.92 Å². The molecule has 0 spiro atoms. The van der Waals surface area contributed by atoms with Crippen LogP contribution < -0.4 is 15.4 Å². The molecule has 0 saturated carbocycles. The average molecular weight is 276 g/mol. The molecule has 3 heteroatoms. The molecular formula is C17H28N2O. The second-order valence-electron chi connectivity index (χ2n) is 5.84. The van der Waals surface area contributed by atoms with E-state index in [1.54, 1.807) is 0 Å². The van der Waals surface area contributed by atoms with Gasteiger partial charge in [0, 0.05) is 17.8 Å². The molecule has 0 aromatic heterocycles. The number of hydrogen-bond donors (Lipinski definition) is 2. The van der Waals surface area contributed by atoms with Crippen molar-refractivity contribution in [1.82, 2.24) is 5.32 Å². The molecule has 20 heavy (non-hydrogen) atoms. The Morgan fingerprint density at radius 3 is 2.90 bits per heavy atom. The lowest BCUT2D eigenvalue weighted by Gasteiger charge is -2.27. The highest BCUT2D eigenvalue weighted by Gasteiger charge is 2.16. The maximum absolute atomic E-state index is 5.53. The number of hydrogen-bond acceptors (Lipinski definition) is 3. The Hall–Kier alpha value is -1.22. The third-order valence-corrected chi connectivity index (χ3v) is 3.96. The molecule has 1 heterocycles. The Bertz CT molecular complexity index is 413. The van der Waals surface area contributed by atoms with Gasteiger partial charge in [-0.15, -0.1) is 0 Å². The molecule has 1 fully saturated rings. The molecule has 1 saturated heterocycles. The van der Waals surface area contributed by atoms with E-state index in [1.165, 1.54) is 43.5 Å². The highest BCUT2D eigenvalue weighted by molar-refractivity contribution is 5.54. The van der Waals surface area contributed by atoms with Gasteiger partial charge in [-0.1, -0.05) is 6.42 Å². The lowest BCUT2D eigenvalue weighted by Crippen LogP contribution is -2.37. The third-order valence-electron chi connectivity index (χ3n) is 3.96. The van der Waals surface area contributed by atoms with E-state index in [-0.39, 0.29) is 0 Å². The Balaban J connectivity index is 1.88. The van der Waals surface area contributed by atoms with E-state index in [1.807, 2.05) is 13.0 Å². The van der Waals surface area contributed by atoms with Crippen molar-refractivity contribution in [2.45, 2.75) is 58.5 Å². The summed E-state index contributed by atoms with van der Waals surface area (Å²) in [5, 5.41) is 7.25. The summed E-state index contributed by atoms with van der Waals surface area (Å²) < 4.78 is 5.53. The third kappa shape index (κ3) is 4.41. The molecule has 112 valence electrons. The molecule has 0 bridgehead atoms. The van der Waals surface area contributed by atoms with Crippen LogP contribution in [0.3, 0.4) is 0 Å². The molecule has 0 radical (unpaired) electrons. The SMILES string of the molecule is CCOc1ccc(NC(C)CC2CCCCN2)c(C)c1. The second kappa shape index (κ2) is 7.53.